The first-order valence-corrected chi connectivity index (χ1v) is 16.7. The van der Waals surface area contributed by atoms with E-state index in [2.05, 4.69) is 116 Å². The van der Waals surface area contributed by atoms with Gasteiger partial charge in [0.05, 0.1) is 18.8 Å². The molecule has 4 rings (SSSR count). The molecule has 0 atom stereocenters. The van der Waals surface area contributed by atoms with Crippen LogP contribution in [0.3, 0.4) is 0 Å². The Morgan fingerprint density at radius 1 is 0.976 bits per heavy atom. The number of aliphatic imine (C=N–C) groups is 1. The predicted molar refractivity (Wildman–Crippen MR) is 184 cm³/mol. The van der Waals surface area contributed by atoms with Crippen LogP contribution in [0.15, 0.2) is 45.8 Å². The van der Waals surface area contributed by atoms with Crippen LogP contribution in [0.4, 0.5) is 0 Å². The first kappa shape index (κ1) is 39.3. The van der Waals surface area contributed by atoms with E-state index in [0.29, 0.717) is 12.2 Å². The van der Waals surface area contributed by atoms with Gasteiger partial charge in [-0.15, -0.1) is 11.3 Å². The van der Waals surface area contributed by atoms with Gasteiger partial charge in [0.2, 0.25) is 0 Å². The summed E-state index contributed by atoms with van der Waals surface area (Å²) in [5.74, 6) is 0.835. The molecule has 236 valence electrons. The summed E-state index contributed by atoms with van der Waals surface area (Å²) in [6.07, 6.45) is 6.78. The van der Waals surface area contributed by atoms with Crippen LogP contribution in [0.25, 0.3) is 0 Å². The zero-order chi connectivity index (χ0) is 31.4. The van der Waals surface area contributed by atoms with Crippen molar-refractivity contribution >= 4 is 17.0 Å². The third kappa shape index (κ3) is 20.0. The van der Waals surface area contributed by atoms with Crippen molar-refractivity contribution in [3.63, 3.8) is 0 Å². The van der Waals surface area contributed by atoms with E-state index in [1.54, 1.807) is 0 Å². The lowest BCUT2D eigenvalue weighted by Gasteiger charge is -2.24. The van der Waals surface area contributed by atoms with Gasteiger partial charge in [0.15, 0.2) is 0 Å². The Hall–Kier alpha value is -1.69. The van der Waals surface area contributed by atoms with Crippen molar-refractivity contribution < 1.29 is 9.47 Å². The van der Waals surface area contributed by atoms with Crippen LogP contribution in [0.5, 0.6) is 0 Å². The number of hydrogen-bond acceptors (Lipinski definition) is 4. The molecule has 2 aromatic heterocycles. The molecule has 0 bridgehead atoms. The van der Waals surface area contributed by atoms with Gasteiger partial charge in [0.25, 0.3) is 0 Å². The minimum Gasteiger partial charge on any atom is -0.381 e. The van der Waals surface area contributed by atoms with Gasteiger partial charge >= 0.3 is 0 Å². The van der Waals surface area contributed by atoms with Crippen molar-refractivity contribution in [1.82, 2.24) is 4.98 Å². The summed E-state index contributed by atoms with van der Waals surface area (Å²) >= 11 is 1.86. The molecule has 4 heterocycles. The van der Waals surface area contributed by atoms with E-state index in [1.807, 2.05) is 25.2 Å². The summed E-state index contributed by atoms with van der Waals surface area (Å²) in [6, 6.07) is 8.47. The van der Waals surface area contributed by atoms with E-state index in [-0.39, 0.29) is 5.41 Å². The minimum atomic E-state index is 0.272. The summed E-state index contributed by atoms with van der Waals surface area (Å²) in [4.78, 5) is 9.07. The number of aromatic amines is 1. The highest BCUT2D eigenvalue weighted by Crippen LogP contribution is 2.32. The molecule has 0 amide bonds. The van der Waals surface area contributed by atoms with Crippen molar-refractivity contribution in [3.05, 3.63) is 57.1 Å². The van der Waals surface area contributed by atoms with Crippen LogP contribution in [-0.2, 0) is 15.9 Å². The van der Waals surface area contributed by atoms with E-state index < -0.39 is 0 Å². The first-order valence-electron chi connectivity index (χ1n) is 15.8. The largest absolute Gasteiger partial charge is 0.381 e. The molecule has 0 aliphatic carbocycles. The summed E-state index contributed by atoms with van der Waals surface area (Å²) < 4.78 is 10.8. The molecule has 2 aliphatic rings. The molecule has 5 heteroatoms. The van der Waals surface area contributed by atoms with E-state index in [1.165, 1.54) is 52.4 Å². The van der Waals surface area contributed by atoms with Crippen LogP contribution >= 0.6 is 11.3 Å². The van der Waals surface area contributed by atoms with Crippen molar-refractivity contribution in [2.45, 2.75) is 134 Å². The Morgan fingerprint density at radius 2 is 1.54 bits per heavy atom. The second-order valence-corrected chi connectivity index (χ2v) is 13.9. The summed E-state index contributed by atoms with van der Waals surface area (Å²) in [7, 11) is 0. The molecule has 4 nitrogen and oxygen atoms in total. The van der Waals surface area contributed by atoms with Gasteiger partial charge in [-0.2, -0.15) is 0 Å². The molecule has 0 unspecified atom stereocenters. The van der Waals surface area contributed by atoms with Gasteiger partial charge in [-0.1, -0.05) is 61.0 Å². The average Bonchev–Trinajstić information content (AvgIpc) is 3.61. The number of H-pyrrole nitrogens is 1. The van der Waals surface area contributed by atoms with E-state index >= 15 is 0 Å². The Morgan fingerprint density at radius 3 is 1.85 bits per heavy atom. The van der Waals surface area contributed by atoms with Crippen LogP contribution in [0.2, 0.25) is 0 Å². The highest BCUT2D eigenvalue weighted by atomic mass is 32.1. The Balaban J connectivity index is 0.000000508. The number of nitrogens with zero attached hydrogens (tertiary/aromatic N) is 1. The molecular formula is C36H64N2O2S. The topological polar surface area (TPSA) is 46.6 Å². The van der Waals surface area contributed by atoms with Crippen LogP contribution < -0.4 is 0 Å². The van der Waals surface area contributed by atoms with E-state index in [0.717, 1.165) is 38.5 Å². The van der Waals surface area contributed by atoms with Gasteiger partial charge < -0.3 is 14.5 Å². The summed E-state index contributed by atoms with van der Waals surface area (Å²) in [6.45, 7) is 30.7. The second-order valence-electron chi connectivity index (χ2n) is 12.8. The molecule has 2 aromatic rings. The fraction of sp³-hybridized carbons (Fsp3) is 0.694. The van der Waals surface area contributed by atoms with Gasteiger partial charge in [-0.05, 0) is 113 Å². The lowest BCUT2D eigenvalue weighted by molar-refractivity contribution is -0.0563. The Bertz CT molecular complexity index is 940. The molecule has 1 fully saturated rings. The molecule has 1 saturated heterocycles. The molecular weight excluding hydrogens is 524 g/mol. The van der Waals surface area contributed by atoms with Crippen LogP contribution in [0.1, 0.15) is 118 Å². The number of aryl methyl sites for hydroxylation is 3. The number of thiophene rings is 1. The minimum absolute atomic E-state index is 0.272. The smallest absolute Gasteiger partial charge is 0.0622 e. The third-order valence-electron chi connectivity index (χ3n) is 6.25. The monoisotopic (exact) mass is 588 g/mol. The second kappa shape index (κ2) is 21.9. The SMILES string of the molecule is CC(C)CCc1cccs1.CC(C)OC1CCOCC1.CC1=NCC(C)=C1C(C)(C)C.CCC.Cc1ccc(C)[nH]1. The Labute approximate surface area is 258 Å². The molecule has 0 radical (unpaired) electrons. The molecule has 0 saturated carbocycles. The van der Waals surface area contributed by atoms with E-state index in [9.17, 15) is 0 Å². The maximum atomic E-state index is 5.61. The molecule has 41 heavy (non-hydrogen) atoms. The number of nitrogens with one attached hydrogen (secondary N) is 1. The van der Waals surface area contributed by atoms with Crippen molar-refractivity contribution in [2.75, 3.05) is 19.8 Å². The Kier molecular flexibility index (Phi) is 21.0. The molecule has 1 N–H and O–H groups in total. The first-order chi connectivity index (χ1) is 19.2. The fourth-order valence-electron chi connectivity index (χ4n) is 4.61. The third-order valence-corrected chi connectivity index (χ3v) is 7.19. The maximum Gasteiger partial charge on any atom is 0.0622 e. The lowest BCUT2D eigenvalue weighted by Crippen LogP contribution is -2.25. The summed E-state index contributed by atoms with van der Waals surface area (Å²) in [5, 5.41) is 2.15. The number of hydrogen-bond donors (Lipinski definition) is 1. The van der Waals surface area contributed by atoms with Crippen molar-refractivity contribution in [3.8, 4) is 0 Å². The van der Waals surface area contributed by atoms with Gasteiger partial charge in [0.1, 0.15) is 0 Å². The number of aromatic nitrogens is 1. The highest BCUT2D eigenvalue weighted by molar-refractivity contribution is 7.09. The normalized spacial score (nSPS) is 15.1. The maximum absolute atomic E-state index is 5.61. The number of allylic oxidation sites excluding steroid dienone is 1. The number of ether oxygens (including phenoxy) is 2. The fourth-order valence-corrected chi connectivity index (χ4v) is 5.34. The lowest BCUT2D eigenvalue weighted by atomic mass is 9.82. The van der Waals surface area contributed by atoms with Crippen molar-refractivity contribution in [1.29, 1.82) is 0 Å². The summed E-state index contributed by atoms with van der Waals surface area (Å²) in [5.41, 5.74) is 6.87. The standard InChI is InChI=1S/C10H17N.C9H14S.C8H16O2.C6H9N.C3H8/c1-7-6-11-8(2)9(7)10(3,4)5;1-8(2)5-6-9-4-3-7-10-9;1-7(2)10-8-3-5-9-6-4-8;1-5-3-4-6(2)7-5;1-3-2/h6H2,1-5H3;3-4,7-8H,5-6H2,1-2H3;7-8H,3-6H2,1-2H3;3-4,7H,1-2H3;3H2,1-2H3. The molecule has 0 aromatic carbocycles. The van der Waals surface area contributed by atoms with Crippen LogP contribution in [-0.4, -0.2) is 42.7 Å². The van der Waals surface area contributed by atoms with Gasteiger partial charge in [0, 0.05) is 35.2 Å². The quantitative estimate of drug-likeness (QED) is 0.378. The zero-order valence-corrected chi connectivity index (χ0v) is 29.8. The number of rotatable bonds is 5. The van der Waals surface area contributed by atoms with Gasteiger partial charge in [-0.25, -0.2) is 0 Å². The van der Waals surface area contributed by atoms with Crippen molar-refractivity contribution in [2.24, 2.45) is 16.3 Å². The van der Waals surface area contributed by atoms with E-state index in [4.69, 9.17) is 9.47 Å². The van der Waals surface area contributed by atoms with Crippen LogP contribution in [0, 0.1) is 25.2 Å². The van der Waals surface area contributed by atoms with Gasteiger partial charge in [-0.3, -0.25) is 4.99 Å². The zero-order valence-electron chi connectivity index (χ0n) is 28.9. The highest BCUT2D eigenvalue weighted by Gasteiger charge is 2.24. The molecule has 2 aliphatic heterocycles. The molecule has 0 spiro atoms. The predicted octanol–water partition coefficient (Wildman–Crippen LogP) is 10.8. The average molecular weight is 589 g/mol.